The zero-order chi connectivity index (χ0) is 17.9. The third kappa shape index (κ3) is 5.28. The second kappa shape index (κ2) is 10.6. The van der Waals surface area contributed by atoms with Gasteiger partial charge < -0.3 is 20.4 Å². The van der Waals surface area contributed by atoms with Crippen LogP contribution >= 0.6 is 24.8 Å². The van der Waals surface area contributed by atoms with Crippen molar-refractivity contribution in [1.29, 1.82) is 0 Å². The van der Waals surface area contributed by atoms with E-state index in [1.807, 2.05) is 11.8 Å². The Morgan fingerprint density at radius 2 is 1.93 bits per heavy atom. The number of anilines is 1. The zero-order valence-electron chi connectivity index (χ0n) is 16.4. The third-order valence-electron chi connectivity index (χ3n) is 6.18. The van der Waals surface area contributed by atoms with Crippen LogP contribution in [0.1, 0.15) is 31.4 Å². The number of aromatic nitrogens is 2. The standard InChI is InChI=1S/C18H30N6O2.2ClH/c1-13-18(22-26-21-13)24-7-5-23(6-8-24)17(25)4-2-3-16-15-9-14(11-20-16)10-19-12-15;;/h14-16,19-20H,2-12H2,1H3;2*1H/t14-,15+,16-;;/m0../s1. The maximum absolute atomic E-state index is 12.5. The molecule has 4 rings (SSSR count). The average Bonchev–Trinajstić information content (AvgIpc) is 3.10. The Hall–Kier alpha value is -1.09. The van der Waals surface area contributed by atoms with E-state index in [4.69, 9.17) is 4.63 Å². The number of amides is 1. The van der Waals surface area contributed by atoms with E-state index in [-0.39, 0.29) is 30.7 Å². The molecule has 28 heavy (non-hydrogen) atoms. The summed E-state index contributed by atoms with van der Waals surface area (Å²) in [7, 11) is 0. The summed E-state index contributed by atoms with van der Waals surface area (Å²) in [5.41, 5.74) is 0.809. The molecule has 0 aliphatic carbocycles. The Labute approximate surface area is 178 Å². The highest BCUT2D eigenvalue weighted by atomic mass is 35.5. The van der Waals surface area contributed by atoms with Crippen molar-refractivity contribution in [3.63, 3.8) is 0 Å². The van der Waals surface area contributed by atoms with Crippen LogP contribution in [0.25, 0.3) is 0 Å². The SMILES string of the molecule is Cc1nonc1N1CCN(C(=O)CCC[C@@H]2NC[C@@H]3CNC[C@H]2C3)CC1.Cl.Cl. The number of fused-ring (bicyclic) bond motifs is 2. The first-order valence-corrected chi connectivity index (χ1v) is 9.96. The number of nitrogens with zero attached hydrogens (tertiary/aromatic N) is 4. The molecule has 10 heteroatoms. The number of piperazine rings is 1. The first-order valence-electron chi connectivity index (χ1n) is 9.96. The third-order valence-corrected chi connectivity index (χ3v) is 6.18. The number of rotatable bonds is 5. The Bertz CT molecular complexity index is 623. The zero-order valence-corrected chi connectivity index (χ0v) is 18.1. The molecule has 1 aromatic heterocycles. The Balaban J connectivity index is 0.00000140. The van der Waals surface area contributed by atoms with Crippen molar-refractivity contribution >= 4 is 36.5 Å². The predicted molar refractivity (Wildman–Crippen MR) is 112 cm³/mol. The molecule has 2 bridgehead atoms. The summed E-state index contributed by atoms with van der Waals surface area (Å²) in [6, 6.07) is 0.575. The molecular weight excluding hydrogens is 403 g/mol. The molecule has 3 atom stereocenters. The molecule has 2 N–H and O–H groups in total. The summed E-state index contributed by atoms with van der Waals surface area (Å²) < 4.78 is 4.78. The number of piperidine rings is 2. The van der Waals surface area contributed by atoms with Gasteiger partial charge in [-0.25, -0.2) is 4.63 Å². The summed E-state index contributed by atoms with van der Waals surface area (Å²) in [6.07, 6.45) is 4.09. The number of nitrogens with one attached hydrogen (secondary N) is 2. The van der Waals surface area contributed by atoms with Crippen LogP contribution in [0.5, 0.6) is 0 Å². The van der Waals surface area contributed by atoms with Gasteiger partial charge in [-0.2, -0.15) is 0 Å². The highest BCUT2D eigenvalue weighted by molar-refractivity contribution is 5.85. The topological polar surface area (TPSA) is 86.5 Å². The number of aryl methyl sites for hydroxylation is 1. The maximum atomic E-state index is 12.5. The van der Waals surface area contributed by atoms with Crippen LogP contribution in [0, 0.1) is 18.8 Å². The van der Waals surface area contributed by atoms with Crippen LogP contribution in [0.15, 0.2) is 4.63 Å². The summed E-state index contributed by atoms with van der Waals surface area (Å²) in [5, 5.41) is 15.1. The van der Waals surface area contributed by atoms with Gasteiger partial charge in [0.15, 0.2) is 5.82 Å². The lowest BCUT2D eigenvalue weighted by Crippen LogP contribution is -2.54. The van der Waals surface area contributed by atoms with Crippen molar-refractivity contribution in [2.75, 3.05) is 50.7 Å². The second-order valence-corrected chi connectivity index (χ2v) is 7.97. The summed E-state index contributed by atoms with van der Waals surface area (Å²) in [5.74, 6) is 2.63. The van der Waals surface area contributed by atoms with E-state index in [1.165, 1.54) is 6.42 Å². The second-order valence-electron chi connectivity index (χ2n) is 7.97. The van der Waals surface area contributed by atoms with Crippen molar-refractivity contribution < 1.29 is 9.42 Å². The van der Waals surface area contributed by atoms with Gasteiger partial charge in [0.05, 0.1) is 0 Å². The fourth-order valence-electron chi connectivity index (χ4n) is 4.66. The lowest BCUT2D eigenvalue weighted by Gasteiger charge is -2.41. The molecule has 0 unspecified atom stereocenters. The molecule has 1 amide bonds. The van der Waals surface area contributed by atoms with E-state index in [2.05, 4.69) is 25.8 Å². The fourth-order valence-corrected chi connectivity index (χ4v) is 4.66. The van der Waals surface area contributed by atoms with E-state index in [9.17, 15) is 4.79 Å². The van der Waals surface area contributed by atoms with Crippen LogP contribution in [-0.4, -0.2) is 73.0 Å². The van der Waals surface area contributed by atoms with Gasteiger partial charge in [-0.05, 0) is 62.8 Å². The van der Waals surface area contributed by atoms with Crippen molar-refractivity contribution in [3.05, 3.63) is 5.69 Å². The van der Waals surface area contributed by atoms with Crippen molar-refractivity contribution in [3.8, 4) is 0 Å². The fraction of sp³-hybridized carbons (Fsp3) is 0.833. The molecule has 3 fully saturated rings. The summed E-state index contributed by atoms with van der Waals surface area (Å²) in [6.45, 7) is 8.39. The number of carbonyl (C=O) groups excluding carboxylic acids is 1. The van der Waals surface area contributed by atoms with Crippen molar-refractivity contribution in [1.82, 2.24) is 25.8 Å². The average molecular weight is 435 g/mol. The molecule has 0 spiro atoms. The predicted octanol–water partition coefficient (Wildman–Crippen LogP) is 1.24. The van der Waals surface area contributed by atoms with Gasteiger partial charge in [0.2, 0.25) is 5.91 Å². The lowest BCUT2D eigenvalue weighted by molar-refractivity contribution is -0.131. The molecule has 0 aromatic carbocycles. The summed E-state index contributed by atoms with van der Waals surface area (Å²) >= 11 is 0. The lowest BCUT2D eigenvalue weighted by atomic mass is 9.80. The molecule has 0 radical (unpaired) electrons. The largest absolute Gasteiger partial charge is 0.349 e. The van der Waals surface area contributed by atoms with E-state index in [1.54, 1.807) is 0 Å². The first kappa shape index (κ1) is 23.2. The minimum Gasteiger partial charge on any atom is -0.349 e. The van der Waals surface area contributed by atoms with E-state index in [0.29, 0.717) is 12.5 Å². The molecule has 160 valence electrons. The van der Waals surface area contributed by atoms with Crippen LogP contribution in [0.4, 0.5) is 5.82 Å². The Kier molecular flexibility index (Phi) is 8.80. The normalized spacial score (nSPS) is 27.0. The van der Waals surface area contributed by atoms with Crippen LogP contribution < -0.4 is 15.5 Å². The highest BCUT2D eigenvalue weighted by Crippen LogP contribution is 2.26. The molecule has 1 aromatic rings. The monoisotopic (exact) mass is 434 g/mol. The number of halogens is 2. The highest BCUT2D eigenvalue weighted by Gasteiger charge is 2.32. The van der Waals surface area contributed by atoms with E-state index in [0.717, 1.165) is 82.0 Å². The number of hydrogen-bond donors (Lipinski definition) is 2. The minimum absolute atomic E-state index is 0. The number of hydrogen-bond acceptors (Lipinski definition) is 7. The number of carbonyl (C=O) groups is 1. The van der Waals surface area contributed by atoms with E-state index < -0.39 is 0 Å². The van der Waals surface area contributed by atoms with Crippen molar-refractivity contribution in [2.24, 2.45) is 11.8 Å². The van der Waals surface area contributed by atoms with Gasteiger partial charge in [0, 0.05) is 38.6 Å². The first-order chi connectivity index (χ1) is 12.7. The smallest absolute Gasteiger partial charge is 0.222 e. The molecule has 0 saturated carbocycles. The maximum Gasteiger partial charge on any atom is 0.222 e. The molecule has 4 heterocycles. The van der Waals surface area contributed by atoms with Crippen LogP contribution in [0.2, 0.25) is 0 Å². The van der Waals surface area contributed by atoms with Crippen LogP contribution in [-0.2, 0) is 4.79 Å². The molecule has 3 aliphatic rings. The molecule has 3 saturated heterocycles. The van der Waals surface area contributed by atoms with Crippen molar-refractivity contribution in [2.45, 2.75) is 38.6 Å². The van der Waals surface area contributed by atoms with Gasteiger partial charge in [-0.15, -0.1) is 24.8 Å². The quantitative estimate of drug-likeness (QED) is 0.720. The Morgan fingerprint density at radius 1 is 1.14 bits per heavy atom. The van der Waals surface area contributed by atoms with Crippen LogP contribution in [0.3, 0.4) is 0 Å². The molecule has 8 nitrogen and oxygen atoms in total. The van der Waals surface area contributed by atoms with Gasteiger partial charge in [0.25, 0.3) is 0 Å². The van der Waals surface area contributed by atoms with Gasteiger partial charge in [0.1, 0.15) is 5.69 Å². The Morgan fingerprint density at radius 3 is 2.64 bits per heavy atom. The van der Waals surface area contributed by atoms with Gasteiger partial charge in [-0.1, -0.05) is 5.16 Å². The van der Waals surface area contributed by atoms with Gasteiger partial charge in [-0.3, -0.25) is 4.79 Å². The van der Waals surface area contributed by atoms with E-state index >= 15 is 0 Å². The molecular formula is C18H32Cl2N6O2. The minimum atomic E-state index is 0. The summed E-state index contributed by atoms with van der Waals surface area (Å²) in [4.78, 5) is 16.7. The molecule has 3 aliphatic heterocycles. The van der Waals surface area contributed by atoms with Gasteiger partial charge >= 0.3 is 0 Å².